The van der Waals surface area contributed by atoms with Crippen molar-refractivity contribution in [3.8, 4) is 0 Å². The number of rotatable bonds is 4. The normalized spacial score (nSPS) is 26.2. The smallest absolute Gasteiger partial charge is 0.242 e. The molecule has 0 radical (unpaired) electrons. The lowest BCUT2D eigenvalue weighted by Crippen LogP contribution is -2.59. The molecule has 4 nitrogen and oxygen atoms in total. The Morgan fingerprint density at radius 1 is 1.25 bits per heavy atom. The molecule has 1 atom stereocenters. The molecule has 0 aliphatic carbocycles. The Labute approximate surface area is 146 Å². The topological polar surface area (TPSA) is 35.6 Å². The molecule has 3 rings (SSSR count). The maximum absolute atomic E-state index is 12.9. The third-order valence-electron chi connectivity index (χ3n) is 5.76. The number of carbonyl (C=O) groups is 1. The minimum atomic E-state index is -0.353. The van der Waals surface area contributed by atoms with Gasteiger partial charge in [-0.2, -0.15) is 0 Å². The molecule has 4 heteroatoms. The molecule has 2 saturated heterocycles. The molecule has 0 aromatic heterocycles. The van der Waals surface area contributed by atoms with Crippen LogP contribution in [0.25, 0.3) is 0 Å². The Morgan fingerprint density at radius 2 is 1.96 bits per heavy atom. The predicted octanol–water partition coefficient (Wildman–Crippen LogP) is 2.64. The second kappa shape index (κ2) is 7.66. The monoisotopic (exact) mass is 329 g/mol. The molecule has 0 bridgehead atoms. The van der Waals surface area contributed by atoms with Crippen LogP contribution in [-0.2, 0) is 11.3 Å². The van der Waals surface area contributed by atoms with Crippen LogP contribution in [0.2, 0.25) is 0 Å². The largest absolute Gasteiger partial charge is 0.341 e. The number of benzene rings is 1. The van der Waals surface area contributed by atoms with Crippen LogP contribution in [0.15, 0.2) is 30.3 Å². The number of carbonyl (C=O) groups excluding carboxylic acids is 1. The van der Waals surface area contributed by atoms with Gasteiger partial charge in [-0.3, -0.25) is 9.69 Å². The van der Waals surface area contributed by atoms with Crippen molar-refractivity contribution in [1.29, 1.82) is 0 Å². The maximum Gasteiger partial charge on any atom is 0.242 e. The predicted molar refractivity (Wildman–Crippen MR) is 97.8 cm³/mol. The molecular formula is C20H31N3O. The number of nitrogens with zero attached hydrogens (tertiary/aromatic N) is 2. The van der Waals surface area contributed by atoms with Gasteiger partial charge in [0.05, 0.1) is 5.54 Å². The average Bonchev–Trinajstić information content (AvgIpc) is 2.63. The van der Waals surface area contributed by atoms with Gasteiger partial charge in [-0.1, -0.05) is 30.3 Å². The molecule has 2 heterocycles. The lowest BCUT2D eigenvalue weighted by molar-refractivity contribution is -0.140. The van der Waals surface area contributed by atoms with E-state index in [1.54, 1.807) is 0 Å². The van der Waals surface area contributed by atoms with Gasteiger partial charge in [0, 0.05) is 32.7 Å². The first-order chi connectivity index (χ1) is 11.6. The van der Waals surface area contributed by atoms with Crippen LogP contribution in [0.5, 0.6) is 0 Å². The summed E-state index contributed by atoms with van der Waals surface area (Å²) in [6, 6.07) is 11.0. The van der Waals surface area contributed by atoms with Crippen molar-refractivity contribution in [2.75, 3.05) is 26.7 Å². The number of nitrogens with one attached hydrogen (secondary N) is 1. The fraction of sp³-hybridized carbons (Fsp3) is 0.650. The zero-order chi connectivity index (χ0) is 17.0. The highest BCUT2D eigenvalue weighted by Crippen LogP contribution is 2.24. The molecule has 24 heavy (non-hydrogen) atoms. The highest BCUT2D eigenvalue weighted by atomic mass is 16.2. The van der Waals surface area contributed by atoms with Crippen molar-refractivity contribution in [2.24, 2.45) is 0 Å². The summed E-state index contributed by atoms with van der Waals surface area (Å²) in [5.41, 5.74) is 1.02. The Morgan fingerprint density at radius 3 is 2.58 bits per heavy atom. The zero-order valence-electron chi connectivity index (χ0n) is 15.1. The molecule has 1 N–H and O–H groups in total. The van der Waals surface area contributed by atoms with Crippen molar-refractivity contribution in [3.05, 3.63) is 35.9 Å². The average molecular weight is 329 g/mol. The summed E-state index contributed by atoms with van der Waals surface area (Å²) in [5.74, 6) is 0.281. The Bertz CT molecular complexity index is 531. The zero-order valence-corrected chi connectivity index (χ0v) is 15.1. The van der Waals surface area contributed by atoms with Crippen LogP contribution in [-0.4, -0.2) is 54.0 Å². The molecule has 132 valence electrons. The molecule has 0 spiro atoms. The van der Waals surface area contributed by atoms with E-state index in [1.807, 2.05) is 11.9 Å². The molecule has 2 aliphatic heterocycles. The summed E-state index contributed by atoms with van der Waals surface area (Å²) in [6.07, 6.45) is 5.45. The van der Waals surface area contributed by atoms with Crippen LogP contribution >= 0.6 is 0 Å². The van der Waals surface area contributed by atoms with E-state index in [-0.39, 0.29) is 11.4 Å². The van der Waals surface area contributed by atoms with E-state index >= 15 is 0 Å². The highest BCUT2D eigenvalue weighted by molar-refractivity contribution is 5.86. The van der Waals surface area contributed by atoms with Gasteiger partial charge < -0.3 is 10.2 Å². The van der Waals surface area contributed by atoms with E-state index in [2.05, 4.69) is 47.5 Å². The fourth-order valence-electron chi connectivity index (χ4n) is 4.10. The van der Waals surface area contributed by atoms with E-state index in [9.17, 15) is 4.79 Å². The standard InChI is InChI=1S/C20H31N3O/c1-20(12-6-7-13-21-20)19(24)22(2)18-10-14-23(15-11-18)16-17-8-4-3-5-9-17/h3-5,8-9,18,21H,6-7,10-16H2,1-2H3. The van der Waals surface area contributed by atoms with Crippen LogP contribution in [0.3, 0.4) is 0 Å². The van der Waals surface area contributed by atoms with Gasteiger partial charge in [0.25, 0.3) is 0 Å². The molecule has 1 aromatic carbocycles. The van der Waals surface area contributed by atoms with Crippen molar-refractivity contribution in [1.82, 2.24) is 15.1 Å². The summed E-state index contributed by atoms with van der Waals surface area (Å²) in [6.45, 7) is 6.20. The van der Waals surface area contributed by atoms with Gasteiger partial charge in [0.15, 0.2) is 0 Å². The van der Waals surface area contributed by atoms with Crippen molar-refractivity contribution in [3.63, 3.8) is 0 Å². The lowest BCUT2D eigenvalue weighted by atomic mass is 9.88. The molecule has 1 unspecified atom stereocenters. The Hall–Kier alpha value is -1.39. The summed E-state index contributed by atoms with van der Waals surface area (Å²) >= 11 is 0. The van der Waals surface area contributed by atoms with E-state index < -0.39 is 0 Å². The first-order valence-electron chi connectivity index (χ1n) is 9.37. The second-order valence-electron chi connectivity index (χ2n) is 7.62. The summed E-state index contributed by atoms with van der Waals surface area (Å²) in [7, 11) is 2.00. The van der Waals surface area contributed by atoms with Gasteiger partial charge in [-0.15, -0.1) is 0 Å². The Balaban J connectivity index is 1.51. The Kier molecular flexibility index (Phi) is 5.57. The van der Waals surface area contributed by atoms with Crippen LogP contribution in [0, 0.1) is 0 Å². The van der Waals surface area contributed by atoms with Crippen molar-refractivity contribution >= 4 is 5.91 Å². The summed E-state index contributed by atoms with van der Waals surface area (Å²) in [4.78, 5) is 17.5. The first-order valence-corrected chi connectivity index (χ1v) is 9.37. The molecule has 1 amide bonds. The van der Waals surface area contributed by atoms with Gasteiger partial charge in [0.1, 0.15) is 0 Å². The molecule has 0 saturated carbocycles. The van der Waals surface area contributed by atoms with Crippen LogP contribution in [0.4, 0.5) is 0 Å². The molecule has 2 aliphatic rings. The quantitative estimate of drug-likeness (QED) is 0.922. The summed E-state index contributed by atoms with van der Waals surface area (Å²) < 4.78 is 0. The van der Waals surface area contributed by atoms with E-state index in [1.165, 1.54) is 12.0 Å². The minimum absolute atomic E-state index is 0.281. The highest BCUT2D eigenvalue weighted by Gasteiger charge is 2.38. The van der Waals surface area contributed by atoms with Gasteiger partial charge in [-0.25, -0.2) is 0 Å². The minimum Gasteiger partial charge on any atom is -0.341 e. The van der Waals surface area contributed by atoms with Crippen LogP contribution in [0.1, 0.15) is 44.6 Å². The van der Waals surface area contributed by atoms with E-state index in [0.717, 1.165) is 51.9 Å². The molecule has 2 fully saturated rings. The van der Waals surface area contributed by atoms with Crippen molar-refractivity contribution < 1.29 is 4.79 Å². The van der Waals surface area contributed by atoms with Crippen molar-refractivity contribution in [2.45, 2.75) is 57.2 Å². The van der Waals surface area contributed by atoms with Crippen LogP contribution < -0.4 is 5.32 Å². The molecular weight excluding hydrogens is 298 g/mol. The van der Waals surface area contributed by atoms with Gasteiger partial charge >= 0.3 is 0 Å². The number of amides is 1. The number of hydrogen-bond acceptors (Lipinski definition) is 3. The number of piperidine rings is 2. The number of hydrogen-bond donors (Lipinski definition) is 1. The van der Waals surface area contributed by atoms with E-state index in [4.69, 9.17) is 0 Å². The number of likely N-dealkylation sites (tertiary alicyclic amines) is 1. The SMILES string of the molecule is CN(C(=O)C1(C)CCCCN1)C1CCN(Cc2ccccc2)CC1. The third kappa shape index (κ3) is 3.98. The first kappa shape index (κ1) is 17.4. The number of likely N-dealkylation sites (N-methyl/N-ethyl adjacent to an activating group) is 1. The van der Waals surface area contributed by atoms with E-state index in [0.29, 0.717) is 6.04 Å². The summed E-state index contributed by atoms with van der Waals surface area (Å²) in [5, 5.41) is 3.46. The third-order valence-corrected chi connectivity index (χ3v) is 5.76. The molecule has 1 aromatic rings. The second-order valence-corrected chi connectivity index (χ2v) is 7.62. The fourth-order valence-corrected chi connectivity index (χ4v) is 4.10. The maximum atomic E-state index is 12.9. The lowest BCUT2D eigenvalue weighted by Gasteiger charge is -2.42. The van der Waals surface area contributed by atoms with Gasteiger partial charge in [-0.05, 0) is 51.1 Å². The van der Waals surface area contributed by atoms with Gasteiger partial charge in [0.2, 0.25) is 5.91 Å².